The summed E-state index contributed by atoms with van der Waals surface area (Å²) < 4.78 is 15.9. The average molecular weight is 265 g/mol. The van der Waals surface area contributed by atoms with Gasteiger partial charge in [-0.3, -0.25) is 0 Å². The van der Waals surface area contributed by atoms with Gasteiger partial charge in [0.15, 0.2) is 0 Å². The molecule has 1 N–H and O–H groups in total. The fourth-order valence-electron chi connectivity index (χ4n) is 2.29. The first-order chi connectivity index (χ1) is 9.33. The lowest BCUT2D eigenvalue weighted by Crippen LogP contribution is -2.32. The van der Waals surface area contributed by atoms with E-state index in [1.54, 1.807) is 14.2 Å². The molecule has 1 heterocycles. The summed E-state index contributed by atoms with van der Waals surface area (Å²) in [5, 5.41) is 3.40. The third kappa shape index (κ3) is 4.20. The zero-order chi connectivity index (χ0) is 13.5. The van der Waals surface area contributed by atoms with Crippen molar-refractivity contribution in [3.63, 3.8) is 0 Å². The van der Waals surface area contributed by atoms with E-state index in [1.165, 1.54) is 11.1 Å². The summed E-state index contributed by atoms with van der Waals surface area (Å²) >= 11 is 0. The largest absolute Gasteiger partial charge is 0.493 e. The van der Waals surface area contributed by atoms with Crippen molar-refractivity contribution in [1.29, 1.82) is 0 Å². The Morgan fingerprint density at radius 3 is 3.05 bits per heavy atom. The fourth-order valence-corrected chi connectivity index (χ4v) is 2.29. The molecule has 19 heavy (non-hydrogen) atoms. The van der Waals surface area contributed by atoms with Gasteiger partial charge in [-0.1, -0.05) is 12.1 Å². The van der Waals surface area contributed by atoms with Gasteiger partial charge in [0.25, 0.3) is 0 Å². The minimum Gasteiger partial charge on any atom is -0.493 e. The monoisotopic (exact) mass is 265 g/mol. The van der Waals surface area contributed by atoms with Gasteiger partial charge in [0, 0.05) is 27.2 Å². The highest BCUT2D eigenvalue weighted by Crippen LogP contribution is 2.25. The van der Waals surface area contributed by atoms with Crippen LogP contribution in [0.5, 0.6) is 5.75 Å². The smallest absolute Gasteiger partial charge is 0.122 e. The van der Waals surface area contributed by atoms with E-state index in [9.17, 15) is 0 Å². The third-order valence-corrected chi connectivity index (χ3v) is 3.40. The van der Waals surface area contributed by atoms with Crippen LogP contribution in [0.15, 0.2) is 18.2 Å². The van der Waals surface area contributed by atoms with Gasteiger partial charge in [-0.15, -0.1) is 0 Å². The zero-order valence-corrected chi connectivity index (χ0v) is 11.8. The van der Waals surface area contributed by atoms with Crippen molar-refractivity contribution in [3.8, 4) is 5.75 Å². The van der Waals surface area contributed by atoms with E-state index in [0.29, 0.717) is 6.61 Å². The molecule has 0 amide bonds. The van der Waals surface area contributed by atoms with Crippen LogP contribution in [0.3, 0.4) is 0 Å². The SMILES string of the molecule is COCC(CNCCc1ccc2c(c1)CCO2)OC. The summed E-state index contributed by atoms with van der Waals surface area (Å²) in [6.07, 6.45) is 2.19. The predicted molar refractivity (Wildman–Crippen MR) is 74.9 cm³/mol. The van der Waals surface area contributed by atoms with Crippen molar-refractivity contribution in [2.24, 2.45) is 0 Å². The molecule has 1 unspecified atom stereocenters. The van der Waals surface area contributed by atoms with E-state index in [0.717, 1.165) is 38.3 Å². The average Bonchev–Trinajstić information content (AvgIpc) is 2.89. The summed E-state index contributed by atoms with van der Waals surface area (Å²) in [6, 6.07) is 6.49. The van der Waals surface area contributed by atoms with Gasteiger partial charge in [0.1, 0.15) is 5.75 Å². The Balaban J connectivity index is 1.71. The number of hydrogen-bond donors (Lipinski definition) is 1. The van der Waals surface area contributed by atoms with Crippen molar-refractivity contribution < 1.29 is 14.2 Å². The Labute approximate surface area is 115 Å². The molecule has 1 aromatic rings. The maximum absolute atomic E-state index is 5.51. The molecule has 0 aliphatic carbocycles. The summed E-state index contributed by atoms with van der Waals surface area (Å²) in [5.74, 6) is 1.05. The molecular formula is C15H23NO3. The molecule has 0 spiro atoms. The molecule has 106 valence electrons. The van der Waals surface area contributed by atoms with Gasteiger partial charge in [0.2, 0.25) is 0 Å². The number of hydrogen-bond acceptors (Lipinski definition) is 4. The molecule has 0 fully saturated rings. The van der Waals surface area contributed by atoms with Crippen molar-refractivity contribution in [2.45, 2.75) is 18.9 Å². The van der Waals surface area contributed by atoms with Crippen LogP contribution in [0.4, 0.5) is 0 Å². The molecule has 0 saturated carbocycles. The first kappa shape index (κ1) is 14.3. The summed E-state index contributed by atoms with van der Waals surface area (Å²) in [6.45, 7) is 3.21. The van der Waals surface area contributed by atoms with Crippen LogP contribution >= 0.6 is 0 Å². The van der Waals surface area contributed by atoms with E-state index in [4.69, 9.17) is 14.2 Å². The topological polar surface area (TPSA) is 39.7 Å². The van der Waals surface area contributed by atoms with Gasteiger partial charge in [-0.2, -0.15) is 0 Å². The maximum Gasteiger partial charge on any atom is 0.122 e. The van der Waals surface area contributed by atoms with Crippen molar-refractivity contribution in [2.75, 3.05) is 40.5 Å². The number of nitrogens with one attached hydrogen (secondary N) is 1. The van der Waals surface area contributed by atoms with E-state index in [2.05, 4.69) is 23.5 Å². The summed E-state index contributed by atoms with van der Waals surface area (Å²) in [7, 11) is 3.41. The van der Waals surface area contributed by atoms with Crippen molar-refractivity contribution in [3.05, 3.63) is 29.3 Å². The molecule has 1 aliphatic heterocycles. The van der Waals surface area contributed by atoms with Crippen LogP contribution < -0.4 is 10.1 Å². The van der Waals surface area contributed by atoms with Crippen LogP contribution in [0.1, 0.15) is 11.1 Å². The van der Waals surface area contributed by atoms with E-state index < -0.39 is 0 Å². The first-order valence-electron chi connectivity index (χ1n) is 6.80. The lowest BCUT2D eigenvalue weighted by molar-refractivity contribution is 0.0291. The Morgan fingerprint density at radius 1 is 1.37 bits per heavy atom. The maximum atomic E-state index is 5.51. The molecule has 1 aromatic carbocycles. The Kier molecular flexibility index (Phi) is 5.63. The molecule has 1 atom stereocenters. The van der Waals surface area contributed by atoms with E-state index in [1.807, 2.05) is 0 Å². The second-order valence-corrected chi connectivity index (χ2v) is 4.81. The van der Waals surface area contributed by atoms with Crippen LogP contribution in [0.2, 0.25) is 0 Å². The molecule has 0 saturated heterocycles. The van der Waals surface area contributed by atoms with E-state index in [-0.39, 0.29) is 6.10 Å². The van der Waals surface area contributed by atoms with Gasteiger partial charge in [-0.25, -0.2) is 0 Å². The lowest BCUT2D eigenvalue weighted by atomic mass is 10.1. The van der Waals surface area contributed by atoms with Gasteiger partial charge in [-0.05, 0) is 30.2 Å². The molecule has 0 aromatic heterocycles. The number of rotatable bonds is 8. The molecule has 4 nitrogen and oxygen atoms in total. The number of methoxy groups -OCH3 is 2. The molecular weight excluding hydrogens is 242 g/mol. The fraction of sp³-hybridized carbons (Fsp3) is 0.600. The van der Waals surface area contributed by atoms with Gasteiger partial charge in [0.05, 0.1) is 19.3 Å². The molecule has 4 heteroatoms. The minimum atomic E-state index is 0.124. The van der Waals surface area contributed by atoms with Crippen LogP contribution in [0.25, 0.3) is 0 Å². The number of fused-ring (bicyclic) bond motifs is 1. The quantitative estimate of drug-likeness (QED) is 0.722. The van der Waals surface area contributed by atoms with Gasteiger partial charge < -0.3 is 19.5 Å². The van der Waals surface area contributed by atoms with Crippen LogP contribution in [-0.4, -0.2) is 46.6 Å². The normalized spacial score (nSPS) is 15.1. The second-order valence-electron chi connectivity index (χ2n) is 4.81. The number of ether oxygens (including phenoxy) is 3. The lowest BCUT2D eigenvalue weighted by Gasteiger charge is -2.15. The van der Waals surface area contributed by atoms with Crippen molar-refractivity contribution in [1.82, 2.24) is 5.32 Å². The Bertz CT molecular complexity index is 395. The van der Waals surface area contributed by atoms with E-state index >= 15 is 0 Å². The first-order valence-corrected chi connectivity index (χ1v) is 6.80. The van der Waals surface area contributed by atoms with Crippen LogP contribution in [0, 0.1) is 0 Å². The molecule has 1 aliphatic rings. The minimum absolute atomic E-state index is 0.124. The zero-order valence-electron chi connectivity index (χ0n) is 11.8. The van der Waals surface area contributed by atoms with Crippen LogP contribution in [-0.2, 0) is 22.3 Å². The van der Waals surface area contributed by atoms with Crippen molar-refractivity contribution >= 4 is 0 Å². The molecule has 0 bridgehead atoms. The highest BCUT2D eigenvalue weighted by molar-refractivity contribution is 5.39. The molecule has 0 radical (unpaired) electrons. The Hall–Kier alpha value is -1.10. The van der Waals surface area contributed by atoms with Gasteiger partial charge >= 0.3 is 0 Å². The highest BCUT2D eigenvalue weighted by atomic mass is 16.5. The summed E-state index contributed by atoms with van der Waals surface area (Å²) in [5.41, 5.74) is 2.70. The predicted octanol–water partition coefficient (Wildman–Crippen LogP) is 1.41. The second kappa shape index (κ2) is 7.48. The molecule has 2 rings (SSSR count). The Morgan fingerprint density at radius 2 is 2.26 bits per heavy atom. The number of benzene rings is 1. The summed E-state index contributed by atoms with van der Waals surface area (Å²) in [4.78, 5) is 0. The third-order valence-electron chi connectivity index (χ3n) is 3.40. The highest BCUT2D eigenvalue weighted by Gasteiger charge is 2.11. The standard InChI is InChI=1S/C15H23NO3/c1-17-11-14(18-2)10-16-7-5-12-3-4-15-13(9-12)6-8-19-15/h3-4,9,14,16H,5-8,10-11H2,1-2H3.